The molecule has 1 radical (unpaired) electrons. The first-order chi connectivity index (χ1) is 7.18. The Bertz CT molecular complexity index is 459. The lowest BCUT2D eigenvalue weighted by Crippen LogP contribution is -1.92. The molecule has 2 rings (SSSR count). The minimum absolute atomic E-state index is 0.469. The predicted octanol–water partition coefficient (Wildman–Crippen LogP) is 3.92. The molecule has 0 N–H and O–H groups in total. The quantitative estimate of drug-likeness (QED) is 0.777. The van der Waals surface area contributed by atoms with Crippen molar-refractivity contribution in [3.63, 3.8) is 0 Å². The number of halogens is 2. The Labute approximate surface area is 98.0 Å². The molecule has 1 aromatic heterocycles. The second-order valence-electron chi connectivity index (χ2n) is 3.04. The Morgan fingerprint density at radius 3 is 2.47 bits per heavy atom. The van der Waals surface area contributed by atoms with Crippen LogP contribution >= 0.6 is 23.2 Å². The van der Waals surface area contributed by atoms with Gasteiger partial charge < -0.3 is 9.30 Å². The molecule has 0 unspecified atom stereocenters. The lowest BCUT2D eigenvalue weighted by Gasteiger charge is -2.09. The third-order valence-corrected chi connectivity index (χ3v) is 2.54. The van der Waals surface area contributed by atoms with Crippen molar-refractivity contribution < 1.29 is 4.74 Å². The van der Waals surface area contributed by atoms with Crippen molar-refractivity contribution in [1.82, 2.24) is 4.57 Å². The maximum atomic E-state index is 5.97. The molecule has 0 aliphatic heterocycles. The van der Waals surface area contributed by atoms with Crippen molar-refractivity contribution in [2.24, 2.45) is 7.05 Å². The van der Waals surface area contributed by atoms with E-state index in [-0.39, 0.29) is 0 Å². The van der Waals surface area contributed by atoms with Crippen LogP contribution in [0.25, 0.3) is 0 Å². The zero-order valence-electron chi connectivity index (χ0n) is 8.00. The molecule has 4 heteroatoms. The largest absolute Gasteiger partial charge is 0.438 e. The van der Waals surface area contributed by atoms with Crippen molar-refractivity contribution in [2.45, 2.75) is 0 Å². The lowest BCUT2D eigenvalue weighted by atomic mass is 10.3. The van der Waals surface area contributed by atoms with Crippen molar-refractivity contribution in [1.29, 1.82) is 0 Å². The van der Waals surface area contributed by atoms with Crippen molar-refractivity contribution in [3.05, 3.63) is 46.6 Å². The fourth-order valence-electron chi connectivity index (χ4n) is 1.17. The number of aryl methyl sites for hydroxylation is 1. The van der Waals surface area contributed by atoms with E-state index in [2.05, 4.69) is 6.07 Å². The van der Waals surface area contributed by atoms with Gasteiger partial charge in [0.15, 0.2) is 5.75 Å². The first-order valence-corrected chi connectivity index (χ1v) is 5.08. The third kappa shape index (κ3) is 2.11. The van der Waals surface area contributed by atoms with Gasteiger partial charge in [0, 0.05) is 25.4 Å². The van der Waals surface area contributed by atoms with Gasteiger partial charge in [0.1, 0.15) is 0 Å². The van der Waals surface area contributed by atoms with E-state index in [9.17, 15) is 0 Å². The molecule has 0 saturated heterocycles. The van der Waals surface area contributed by atoms with E-state index in [1.165, 1.54) is 0 Å². The molecule has 0 saturated carbocycles. The lowest BCUT2D eigenvalue weighted by molar-refractivity contribution is 0.443. The topological polar surface area (TPSA) is 14.2 Å². The molecule has 1 aromatic carbocycles. The first kappa shape index (κ1) is 10.4. The fourth-order valence-corrected chi connectivity index (χ4v) is 1.65. The SMILES string of the molecule is Cn1c[c]cc1Oc1c(Cl)cccc1Cl. The molecule has 1 heterocycles. The maximum absolute atomic E-state index is 5.97. The highest BCUT2D eigenvalue weighted by Gasteiger charge is 2.09. The second kappa shape index (κ2) is 4.17. The van der Waals surface area contributed by atoms with Crippen LogP contribution in [0.2, 0.25) is 10.0 Å². The second-order valence-corrected chi connectivity index (χ2v) is 3.86. The van der Waals surface area contributed by atoms with Gasteiger partial charge in [0.25, 0.3) is 0 Å². The molecule has 0 bridgehead atoms. The summed E-state index contributed by atoms with van der Waals surface area (Å²) in [5.41, 5.74) is 0. The molecule has 0 aliphatic carbocycles. The summed E-state index contributed by atoms with van der Waals surface area (Å²) in [6.45, 7) is 0. The molecular formula is C11H8Cl2NO. The van der Waals surface area contributed by atoms with E-state index >= 15 is 0 Å². The van der Waals surface area contributed by atoms with Crippen LogP contribution in [0.5, 0.6) is 11.6 Å². The average molecular weight is 241 g/mol. The highest BCUT2D eigenvalue weighted by atomic mass is 35.5. The Hall–Kier alpha value is -1.12. The summed E-state index contributed by atoms with van der Waals surface area (Å²) in [5, 5.41) is 0.979. The molecule has 0 fully saturated rings. The van der Waals surface area contributed by atoms with Crippen LogP contribution in [0.3, 0.4) is 0 Å². The maximum Gasteiger partial charge on any atom is 0.200 e. The van der Waals surface area contributed by atoms with Gasteiger partial charge in [-0.15, -0.1) is 0 Å². The van der Waals surface area contributed by atoms with E-state index < -0.39 is 0 Å². The number of nitrogens with zero attached hydrogens (tertiary/aromatic N) is 1. The van der Waals surface area contributed by atoms with Crippen LogP contribution < -0.4 is 4.74 Å². The number of hydrogen-bond donors (Lipinski definition) is 0. The number of rotatable bonds is 2. The van der Waals surface area contributed by atoms with Gasteiger partial charge in [0.2, 0.25) is 5.88 Å². The number of ether oxygens (including phenoxy) is 1. The summed E-state index contributed by atoms with van der Waals surface area (Å²) in [6, 6.07) is 9.87. The highest BCUT2D eigenvalue weighted by molar-refractivity contribution is 6.37. The zero-order valence-corrected chi connectivity index (χ0v) is 9.51. The molecule has 2 aromatic rings. The smallest absolute Gasteiger partial charge is 0.200 e. The molecule has 0 atom stereocenters. The van der Waals surface area contributed by atoms with Gasteiger partial charge in [-0.05, 0) is 12.1 Å². The van der Waals surface area contributed by atoms with Gasteiger partial charge in [-0.25, -0.2) is 0 Å². The minimum Gasteiger partial charge on any atom is -0.438 e. The van der Waals surface area contributed by atoms with Gasteiger partial charge >= 0.3 is 0 Å². The number of aromatic nitrogens is 1. The van der Waals surface area contributed by atoms with E-state index in [1.54, 1.807) is 35.0 Å². The number of hydrogen-bond acceptors (Lipinski definition) is 1. The van der Waals surface area contributed by atoms with Crippen LogP contribution in [-0.2, 0) is 7.05 Å². The van der Waals surface area contributed by atoms with Gasteiger partial charge in [-0.3, -0.25) is 0 Å². The predicted molar refractivity (Wildman–Crippen MR) is 60.8 cm³/mol. The summed E-state index contributed by atoms with van der Waals surface area (Å²) in [6.07, 6.45) is 1.76. The fraction of sp³-hybridized carbons (Fsp3) is 0.0909. The standard InChI is InChI=1S/C11H8Cl2NO/c1-14-7-3-6-10(14)15-11-8(12)4-2-5-9(11)13/h2,4-7H,1H3. The van der Waals surface area contributed by atoms with E-state index in [0.717, 1.165) is 0 Å². The van der Waals surface area contributed by atoms with Crippen molar-refractivity contribution in [2.75, 3.05) is 0 Å². The van der Waals surface area contributed by atoms with E-state index in [1.807, 2.05) is 7.05 Å². The van der Waals surface area contributed by atoms with Crippen LogP contribution in [-0.4, -0.2) is 4.57 Å². The van der Waals surface area contributed by atoms with Gasteiger partial charge in [0.05, 0.1) is 10.0 Å². The van der Waals surface area contributed by atoms with Crippen molar-refractivity contribution >= 4 is 23.2 Å². The van der Waals surface area contributed by atoms with E-state index in [4.69, 9.17) is 27.9 Å². The molecule has 2 nitrogen and oxygen atoms in total. The Morgan fingerprint density at radius 2 is 1.93 bits per heavy atom. The van der Waals surface area contributed by atoms with Crippen LogP contribution in [0.4, 0.5) is 0 Å². The Balaban J connectivity index is 2.36. The normalized spacial score (nSPS) is 10.3. The van der Waals surface area contributed by atoms with Crippen LogP contribution in [0.15, 0.2) is 30.5 Å². The summed E-state index contributed by atoms with van der Waals surface area (Å²) < 4.78 is 7.37. The molecule has 77 valence electrons. The van der Waals surface area contributed by atoms with E-state index in [0.29, 0.717) is 21.7 Å². The molecule has 0 spiro atoms. The highest BCUT2D eigenvalue weighted by Crippen LogP contribution is 2.35. The van der Waals surface area contributed by atoms with Crippen molar-refractivity contribution in [3.8, 4) is 11.6 Å². The zero-order chi connectivity index (χ0) is 10.8. The van der Waals surface area contributed by atoms with Crippen LogP contribution in [0, 0.1) is 6.07 Å². The Morgan fingerprint density at radius 1 is 1.27 bits per heavy atom. The van der Waals surface area contributed by atoms with Gasteiger partial charge in [-0.1, -0.05) is 29.3 Å². The molecule has 15 heavy (non-hydrogen) atoms. The minimum atomic E-state index is 0.469. The first-order valence-electron chi connectivity index (χ1n) is 4.33. The molecular weight excluding hydrogens is 233 g/mol. The third-order valence-electron chi connectivity index (χ3n) is 1.95. The monoisotopic (exact) mass is 240 g/mol. The molecule has 0 amide bonds. The summed E-state index contributed by atoms with van der Waals surface area (Å²) >= 11 is 11.9. The summed E-state index contributed by atoms with van der Waals surface area (Å²) in [5.74, 6) is 1.11. The van der Waals surface area contributed by atoms with Crippen LogP contribution in [0.1, 0.15) is 0 Å². The summed E-state index contributed by atoms with van der Waals surface area (Å²) in [4.78, 5) is 0. The summed E-state index contributed by atoms with van der Waals surface area (Å²) in [7, 11) is 1.86. The Kier molecular flexibility index (Phi) is 2.89. The number of benzene rings is 1. The molecule has 0 aliphatic rings. The average Bonchev–Trinajstić information content (AvgIpc) is 2.58. The van der Waals surface area contributed by atoms with Gasteiger partial charge in [-0.2, -0.15) is 0 Å². The number of para-hydroxylation sites is 1.